The Morgan fingerprint density at radius 3 is 1.50 bits per heavy atom. The quantitative estimate of drug-likeness (QED) is 0.223. The number of hydrogen-bond acceptors (Lipinski definition) is 9. The third-order valence-electron chi connectivity index (χ3n) is 4.47. The molecule has 0 aromatic heterocycles. The van der Waals surface area contributed by atoms with Crippen LogP contribution in [0.4, 0.5) is 9.59 Å². The zero-order valence-electron chi connectivity index (χ0n) is 21.7. The summed E-state index contributed by atoms with van der Waals surface area (Å²) in [5, 5.41) is 13.2. The van der Waals surface area contributed by atoms with Crippen LogP contribution in [0, 0.1) is 0 Å². The number of nitrogens with one attached hydrogen (secondary N) is 2. The zero-order chi connectivity index (χ0) is 28.6. The molecule has 2 aromatic carbocycles. The molecule has 208 valence electrons. The topological polar surface area (TPSA) is 192 Å². The summed E-state index contributed by atoms with van der Waals surface area (Å²) >= 11 is 0. The fraction of sp³-hybridized carbons (Fsp3) is 0.385. The number of carbonyl (C=O) groups is 4. The highest BCUT2D eigenvalue weighted by atomic mass is 16.6. The van der Waals surface area contributed by atoms with Gasteiger partial charge in [-0.15, -0.1) is 0 Å². The number of aliphatic carboxylic acids is 1. The number of nitrogens with two attached hydrogens (primary N) is 2. The maximum absolute atomic E-state index is 11.8. The molecule has 2 amide bonds. The Morgan fingerprint density at radius 1 is 0.763 bits per heavy atom. The van der Waals surface area contributed by atoms with Crippen LogP contribution in [-0.4, -0.2) is 60.0 Å². The second-order valence-corrected chi connectivity index (χ2v) is 8.86. The summed E-state index contributed by atoms with van der Waals surface area (Å²) in [6.07, 6.45) is -1.51. The number of carbonyl (C=O) groups excluding carboxylic acids is 3. The lowest BCUT2D eigenvalue weighted by Crippen LogP contribution is -2.48. The first-order valence-electron chi connectivity index (χ1n) is 11.8. The van der Waals surface area contributed by atoms with Crippen LogP contribution >= 0.6 is 0 Å². The smallest absolute Gasteiger partial charge is 0.408 e. The lowest BCUT2D eigenvalue weighted by atomic mass is 10.2. The number of hydrogen-bond donors (Lipinski definition) is 5. The van der Waals surface area contributed by atoms with E-state index in [1.54, 1.807) is 32.9 Å². The number of ether oxygens (including phenoxy) is 3. The normalized spacial score (nSPS) is 12.0. The number of benzene rings is 2. The Bertz CT molecular complexity index is 1010. The number of carboxylic acids is 1. The summed E-state index contributed by atoms with van der Waals surface area (Å²) in [5.74, 6) is -1.77. The van der Waals surface area contributed by atoms with Crippen molar-refractivity contribution >= 4 is 24.1 Å². The minimum absolute atomic E-state index is 0.0602. The molecule has 2 aromatic rings. The molecule has 12 heteroatoms. The first-order valence-corrected chi connectivity index (χ1v) is 11.8. The lowest BCUT2D eigenvalue weighted by Gasteiger charge is -2.23. The first-order chi connectivity index (χ1) is 17.9. The SMILES string of the molecule is CC(C)(C)OC(=O)[C@@H](CN)NC(=O)OCc1ccccc1.NC[C@@H](NC(=O)OCc1ccccc1)C(=O)O. The van der Waals surface area contributed by atoms with Crippen molar-refractivity contribution in [2.45, 2.75) is 51.7 Å². The largest absolute Gasteiger partial charge is 0.480 e. The van der Waals surface area contributed by atoms with Crippen LogP contribution in [0.3, 0.4) is 0 Å². The minimum Gasteiger partial charge on any atom is -0.480 e. The molecule has 2 rings (SSSR count). The van der Waals surface area contributed by atoms with E-state index in [-0.39, 0.29) is 26.3 Å². The van der Waals surface area contributed by atoms with Crippen molar-refractivity contribution in [2.24, 2.45) is 11.5 Å². The van der Waals surface area contributed by atoms with E-state index < -0.39 is 41.8 Å². The van der Waals surface area contributed by atoms with Gasteiger partial charge in [0.25, 0.3) is 0 Å². The van der Waals surface area contributed by atoms with Crippen molar-refractivity contribution in [2.75, 3.05) is 13.1 Å². The van der Waals surface area contributed by atoms with Crippen molar-refractivity contribution in [1.29, 1.82) is 0 Å². The average Bonchev–Trinajstić information content (AvgIpc) is 2.88. The van der Waals surface area contributed by atoms with Gasteiger partial charge in [0.15, 0.2) is 0 Å². The molecule has 7 N–H and O–H groups in total. The Hall–Kier alpha value is -4.16. The Balaban J connectivity index is 0.000000389. The fourth-order valence-electron chi connectivity index (χ4n) is 2.62. The highest BCUT2D eigenvalue weighted by Gasteiger charge is 2.26. The molecular weight excluding hydrogens is 496 g/mol. The Kier molecular flexibility index (Phi) is 13.9. The van der Waals surface area contributed by atoms with E-state index in [2.05, 4.69) is 10.6 Å². The number of rotatable bonds is 10. The molecule has 2 atom stereocenters. The van der Waals surface area contributed by atoms with E-state index in [1.807, 2.05) is 48.5 Å². The van der Waals surface area contributed by atoms with E-state index in [1.165, 1.54) is 0 Å². The maximum atomic E-state index is 11.8. The molecule has 12 nitrogen and oxygen atoms in total. The molecule has 0 saturated carbocycles. The van der Waals surface area contributed by atoms with Gasteiger partial charge in [-0.2, -0.15) is 0 Å². The molecule has 0 aliphatic rings. The van der Waals surface area contributed by atoms with Crippen LogP contribution in [0.5, 0.6) is 0 Å². The number of alkyl carbamates (subject to hydrolysis) is 2. The zero-order valence-corrected chi connectivity index (χ0v) is 21.7. The Labute approximate surface area is 221 Å². The summed E-state index contributed by atoms with van der Waals surface area (Å²) in [5.41, 5.74) is 11.7. The molecule has 0 radical (unpaired) electrons. The van der Waals surface area contributed by atoms with Gasteiger partial charge in [-0.05, 0) is 31.9 Å². The van der Waals surface area contributed by atoms with E-state index in [4.69, 9.17) is 30.8 Å². The van der Waals surface area contributed by atoms with Crippen molar-refractivity contribution in [1.82, 2.24) is 10.6 Å². The monoisotopic (exact) mass is 532 g/mol. The summed E-state index contributed by atoms with van der Waals surface area (Å²) in [7, 11) is 0. The van der Waals surface area contributed by atoms with Gasteiger partial charge in [-0.1, -0.05) is 60.7 Å². The van der Waals surface area contributed by atoms with Crippen LogP contribution in [0.15, 0.2) is 60.7 Å². The number of amides is 2. The first kappa shape index (κ1) is 31.9. The minimum atomic E-state index is -1.19. The highest BCUT2D eigenvalue weighted by molar-refractivity contribution is 5.82. The third-order valence-corrected chi connectivity index (χ3v) is 4.47. The van der Waals surface area contributed by atoms with Crippen LogP contribution in [0.25, 0.3) is 0 Å². The van der Waals surface area contributed by atoms with Gasteiger partial charge in [-0.3, -0.25) is 0 Å². The summed E-state index contributed by atoms with van der Waals surface area (Å²) in [6, 6.07) is 16.3. The van der Waals surface area contributed by atoms with Gasteiger partial charge in [0, 0.05) is 13.1 Å². The summed E-state index contributed by atoms with van der Waals surface area (Å²) < 4.78 is 15.0. The lowest BCUT2D eigenvalue weighted by molar-refractivity contribution is -0.157. The van der Waals surface area contributed by atoms with Crippen molar-refractivity contribution < 1.29 is 38.5 Å². The van der Waals surface area contributed by atoms with Crippen LogP contribution < -0.4 is 22.1 Å². The van der Waals surface area contributed by atoms with E-state index in [9.17, 15) is 19.2 Å². The third kappa shape index (κ3) is 13.8. The molecule has 0 spiro atoms. The van der Waals surface area contributed by atoms with Gasteiger partial charge in [0.1, 0.15) is 30.9 Å². The summed E-state index contributed by atoms with van der Waals surface area (Å²) in [4.78, 5) is 45.3. The van der Waals surface area contributed by atoms with E-state index in [0.717, 1.165) is 11.1 Å². The molecule has 0 saturated heterocycles. The molecule has 0 aliphatic carbocycles. The molecule has 0 aliphatic heterocycles. The van der Waals surface area contributed by atoms with Gasteiger partial charge in [0.2, 0.25) is 0 Å². The van der Waals surface area contributed by atoms with E-state index >= 15 is 0 Å². The molecule has 0 fully saturated rings. The van der Waals surface area contributed by atoms with Crippen LogP contribution in [0.2, 0.25) is 0 Å². The maximum Gasteiger partial charge on any atom is 0.408 e. The second-order valence-electron chi connectivity index (χ2n) is 8.86. The predicted octanol–water partition coefficient (Wildman–Crippen LogP) is 1.91. The van der Waals surface area contributed by atoms with Crippen molar-refractivity contribution in [3.05, 3.63) is 71.8 Å². The molecule has 38 heavy (non-hydrogen) atoms. The molecular formula is C26H36N4O8. The van der Waals surface area contributed by atoms with Crippen molar-refractivity contribution in [3.63, 3.8) is 0 Å². The van der Waals surface area contributed by atoms with Gasteiger partial charge in [0.05, 0.1) is 0 Å². The summed E-state index contributed by atoms with van der Waals surface area (Å²) in [6.45, 7) is 5.19. The van der Waals surface area contributed by atoms with Crippen LogP contribution in [0.1, 0.15) is 31.9 Å². The fourth-order valence-corrected chi connectivity index (χ4v) is 2.62. The second kappa shape index (κ2) is 16.6. The average molecular weight is 533 g/mol. The van der Waals surface area contributed by atoms with Gasteiger partial charge >= 0.3 is 24.1 Å². The number of esters is 1. The molecule has 0 heterocycles. The van der Waals surface area contributed by atoms with Gasteiger partial charge in [-0.25, -0.2) is 19.2 Å². The predicted molar refractivity (Wildman–Crippen MR) is 139 cm³/mol. The molecule has 0 bridgehead atoms. The standard InChI is InChI=1S/C15H22N2O4.C11H14N2O4/c1-15(2,3)21-13(18)12(9-16)17-14(19)20-10-11-7-5-4-6-8-11;12-6-9(10(14)15)13-11(16)17-7-8-4-2-1-3-5-8/h4-8,12H,9-10,16H2,1-3H3,(H,17,19);1-5,9H,6-7,12H2,(H,13,16)(H,14,15)/t12-;9-/m11/s1. The van der Waals surface area contributed by atoms with E-state index in [0.29, 0.717) is 0 Å². The highest BCUT2D eigenvalue weighted by Crippen LogP contribution is 2.08. The Morgan fingerprint density at radius 2 is 1.16 bits per heavy atom. The molecule has 0 unspecified atom stereocenters. The number of carboxylic acid groups (broad SMARTS) is 1. The van der Waals surface area contributed by atoms with Crippen molar-refractivity contribution in [3.8, 4) is 0 Å². The van der Waals surface area contributed by atoms with Crippen LogP contribution in [-0.2, 0) is 37.0 Å². The van der Waals surface area contributed by atoms with Gasteiger partial charge < -0.3 is 41.4 Å².